The molecule has 2 aromatic carbocycles. The molecule has 5 nitrogen and oxygen atoms in total. The molecule has 1 aliphatic heterocycles. The first kappa shape index (κ1) is 15.8. The van der Waals surface area contributed by atoms with E-state index in [-0.39, 0.29) is 11.8 Å². The van der Waals surface area contributed by atoms with Gasteiger partial charge < -0.3 is 9.42 Å². The van der Waals surface area contributed by atoms with Gasteiger partial charge in [-0.1, -0.05) is 47.1 Å². The second-order valence-corrected chi connectivity index (χ2v) is 6.59. The van der Waals surface area contributed by atoms with Gasteiger partial charge in [-0.25, -0.2) is 0 Å². The zero-order chi connectivity index (χ0) is 17.4. The molecular weight excluding hydrogens is 338 g/mol. The second kappa shape index (κ2) is 6.33. The fourth-order valence-corrected chi connectivity index (χ4v) is 3.29. The lowest BCUT2D eigenvalue weighted by atomic mass is 10.1. The average molecular weight is 354 g/mol. The standard InChI is InChI=1S/C19H16ClN3O2/c1-12-5-2-3-8-16(12)18-21-19(25-22-18)13-9-17(24)23(11-13)15-7-4-6-14(20)10-15/h2-8,10,13H,9,11H2,1H3/t13-/m0/s1. The van der Waals surface area contributed by atoms with Crippen molar-refractivity contribution in [2.75, 3.05) is 11.4 Å². The van der Waals surface area contributed by atoms with Gasteiger partial charge in [0, 0.05) is 29.2 Å². The van der Waals surface area contributed by atoms with Crippen LogP contribution in [0.15, 0.2) is 53.1 Å². The Balaban J connectivity index is 1.58. The molecule has 126 valence electrons. The molecule has 0 spiro atoms. The summed E-state index contributed by atoms with van der Waals surface area (Å²) in [5.74, 6) is 0.970. The van der Waals surface area contributed by atoms with Crippen LogP contribution in [0.4, 0.5) is 5.69 Å². The SMILES string of the molecule is Cc1ccccc1-c1noc([C@H]2CC(=O)N(c3cccc(Cl)c3)C2)n1. The van der Waals surface area contributed by atoms with Gasteiger partial charge in [0.15, 0.2) is 0 Å². The summed E-state index contributed by atoms with van der Waals surface area (Å²) in [6.07, 6.45) is 0.349. The van der Waals surface area contributed by atoms with Crippen molar-refractivity contribution in [3.63, 3.8) is 0 Å². The number of benzene rings is 2. The highest BCUT2D eigenvalue weighted by Gasteiger charge is 2.35. The fourth-order valence-electron chi connectivity index (χ4n) is 3.10. The zero-order valence-electron chi connectivity index (χ0n) is 13.6. The molecular formula is C19H16ClN3O2. The van der Waals surface area contributed by atoms with E-state index in [1.54, 1.807) is 17.0 Å². The molecule has 25 heavy (non-hydrogen) atoms. The minimum absolute atomic E-state index is 0.0305. The molecule has 1 atom stereocenters. The maximum absolute atomic E-state index is 12.4. The highest BCUT2D eigenvalue weighted by molar-refractivity contribution is 6.30. The third kappa shape index (κ3) is 3.03. The average Bonchev–Trinajstić information content (AvgIpc) is 3.22. The van der Waals surface area contributed by atoms with Crippen molar-refractivity contribution >= 4 is 23.2 Å². The van der Waals surface area contributed by atoms with Crippen molar-refractivity contribution in [3.05, 3.63) is 65.0 Å². The predicted octanol–water partition coefficient (Wildman–Crippen LogP) is 4.22. The van der Waals surface area contributed by atoms with E-state index < -0.39 is 0 Å². The largest absolute Gasteiger partial charge is 0.339 e. The summed E-state index contributed by atoms with van der Waals surface area (Å²) in [7, 11) is 0. The Morgan fingerprint density at radius 3 is 2.84 bits per heavy atom. The summed E-state index contributed by atoms with van der Waals surface area (Å²) in [5, 5.41) is 4.70. The van der Waals surface area contributed by atoms with Crippen LogP contribution in [0.2, 0.25) is 5.02 Å². The maximum Gasteiger partial charge on any atom is 0.232 e. The van der Waals surface area contributed by atoms with E-state index in [1.807, 2.05) is 43.3 Å². The van der Waals surface area contributed by atoms with Crippen LogP contribution < -0.4 is 4.90 Å². The van der Waals surface area contributed by atoms with Crippen LogP contribution in [-0.4, -0.2) is 22.6 Å². The molecule has 0 radical (unpaired) electrons. The topological polar surface area (TPSA) is 59.2 Å². The summed E-state index contributed by atoms with van der Waals surface area (Å²) >= 11 is 6.03. The van der Waals surface area contributed by atoms with Gasteiger partial charge in [-0.15, -0.1) is 0 Å². The number of aromatic nitrogens is 2. The molecule has 3 aromatic rings. The van der Waals surface area contributed by atoms with E-state index in [1.165, 1.54) is 0 Å². The minimum atomic E-state index is -0.114. The molecule has 0 unspecified atom stereocenters. The van der Waals surface area contributed by atoms with Crippen molar-refractivity contribution in [2.45, 2.75) is 19.3 Å². The number of nitrogens with zero attached hydrogens (tertiary/aromatic N) is 3. The number of hydrogen-bond donors (Lipinski definition) is 0. The molecule has 1 fully saturated rings. The van der Waals surface area contributed by atoms with Crippen LogP contribution in [0.3, 0.4) is 0 Å². The van der Waals surface area contributed by atoms with Crippen molar-refractivity contribution in [1.82, 2.24) is 10.1 Å². The van der Waals surface area contributed by atoms with Crippen LogP contribution in [0.25, 0.3) is 11.4 Å². The summed E-state index contributed by atoms with van der Waals surface area (Å²) in [5.41, 5.74) is 2.81. The minimum Gasteiger partial charge on any atom is -0.339 e. The first-order valence-electron chi connectivity index (χ1n) is 8.07. The zero-order valence-corrected chi connectivity index (χ0v) is 14.4. The summed E-state index contributed by atoms with van der Waals surface area (Å²) in [6.45, 7) is 2.51. The lowest BCUT2D eigenvalue weighted by Gasteiger charge is -2.16. The van der Waals surface area contributed by atoms with Gasteiger partial charge in [-0.2, -0.15) is 4.98 Å². The molecule has 2 heterocycles. The molecule has 1 saturated heterocycles. The Morgan fingerprint density at radius 2 is 2.04 bits per heavy atom. The van der Waals surface area contributed by atoms with Gasteiger partial charge in [0.05, 0.1) is 5.92 Å². The number of aryl methyl sites for hydroxylation is 1. The lowest BCUT2D eigenvalue weighted by Crippen LogP contribution is -2.24. The Hall–Kier alpha value is -2.66. The van der Waals surface area contributed by atoms with Gasteiger partial charge >= 0.3 is 0 Å². The van der Waals surface area contributed by atoms with Gasteiger partial charge in [0.25, 0.3) is 0 Å². The maximum atomic E-state index is 12.4. The van der Waals surface area contributed by atoms with Crippen molar-refractivity contribution in [3.8, 4) is 11.4 Å². The van der Waals surface area contributed by atoms with Crippen LogP contribution in [0, 0.1) is 6.92 Å². The van der Waals surface area contributed by atoms with Crippen molar-refractivity contribution in [2.24, 2.45) is 0 Å². The molecule has 0 aliphatic carbocycles. The van der Waals surface area contributed by atoms with Gasteiger partial charge in [0.2, 0.25) is 17.6 Å². The third-order valence-electron chi connectivity index (χ3n) is 4.42. The molecule has 0 N–H and O–H groups in total. The van der Waals surface area contributed by atoms with E-state index in [9.17, 15) is 4.79 Å². The normalized spacial score (nSPS) is 17.3. The lowest BCUT2D eigenvalue weighted by molar-refractivity contribution is -0.117. The Bertz CT molecular complexity index is 938. The van der Waals surface area contributed by atoms with E-state index in [0.29, 0.717) is 29.7 Å². The van der Waals surface area contributed by atoms with E-state index in [4.69, 9.17) is 16.1 Å². The van der Waals surface area contributed by atoms with Crippen LogP contribution in [-0.2, 0) is 4.79 Å². The first-order valence-corrected chi connectivity index (χ1v) is 8.45. The van der Waals surface area contributed by atoms with E-state index in [0.717, 1.165) is 16.8 Å². The number of anilines is 1. The predicted molar refractivity (Wildman–Crippen MR) is 95.6 cm³/mol. The molecule has 1 aromatic heterocycles. The van der Waals surface area contributed by atoms with Crippen molar-refractivity contribution < 1.29 is 9.32 Å². The summed E-state index contributed by atoms with van der Waals surface area (Å²) in [4.78, 5) is 18.6. The van der Waals surface area contributed by atoms with Crippen LogP contribution in [0.5, 0.6) is 0 Å². The number of carbonyl (C=O) groups excluding carboxylic acids is 1. The molecule has 0 saturated carbocycles. The smallest absolute Gasteiger partial charge is 0.232 e. The number of amides is 1. The van der Waals surface area contributed by atoms with E-state index >= 15 is 0 Å². The van der Waals surface area contributed by atoms with Gasteiger partial charge in [-0.05, 0) is 30.7 Å². The highest BCUT2D eigenvalue weighted by Crippen LogP contribution is 2.33. The number of hydrogen-bond acceptors (Lipinski definition) is 4. The fraction of sp³-hybridized carbons (Fsp3) is 0.211. The number of rotatable bonds is 3. The highest BCUT2D eigenvalue weighted by atomic mass is 35.5. The Morgan fingerprint density at radius 1 is 1.20 bits per heavy atom. The van der Waals surface area contributed by atoms with Gasteiger partial charge in [0.1, 0.15) is 0 Å². The molecule has 0 bridgehead atoms. The summed E-state index contributed by atoms with van der Waals surface area (Å²) < 4.78 is 5.45. The molecule has 4 rings (SSSR count). The monoisotopic (exact) mass is 353 g/mol. The first-order chi connectivity index (χ1) is 12.1. The molecule has 1 amide bonds. The Kier molecular flexibility index (Phi) is 4.01. The van der Waals surface area contributed by atoms with E-state index in [2.05, 4.69) is 10.1 Å². The summed E-state index contributed by atoms with van der Waals surface area (Å²) in [6, 6.07) is 15.2. The molecule has 6 heteroatoms. The van der Waals surface area contributed by atoms with Crippen LogP contribution >= 0.6 is 11.6 Å². The second-order valence-electron chi connectivity index (χ2n) is 6.16. The van der Waals surface area contributed by atoms with Crippen LogP contribution in [0.1, 0.15) is 23.8 Å². The Labute approximate surface area is 150 Å². The number of halogens is 1. The van der Waals surface area contributed by atoms with Gasteiger partial charge in [-0.3, -0.25) is 4.79 Å². The quantitative estimate of drug-likeness (QED) is 0.707. The van der Waals surface area contributed by atoms with Crippen molar-refractivity contribution in [1.29, 1.82) is 0 Å². The number of carbonyl (C=O) groups is 1. The molecule has 1 aliphatic rings. The third-order valence-corrected chi connectivity index (χ3v) is 4.66.